The average Bonchev–Trinajstić information content (AvgIpc) is 1.88. The molecule has 0 aliphatic carbocycles. The number of methoxy groups -OCH3 is 1. The molecule has 0 saturated carbocycles. The Morgan fingerprint density at radius 1 is 1.56 bits per heavy atom. The first-order valence-electron chi connectivity index (χ1n) is 2.65. The van der Waals surface area contributed by atoms with Gasteiger partial charge in [0, 0.05) is 11.7 Å². The fourth-order valence-electron chi connectivity index (χ4n) is 0.542. The molecule has 4 heteroatoms. The summed E-state index contributed by atoms with van der Waals surface area (Å²) < 4.78 is 4.84. The summed E-state index contributed by atoms with van der Waals surface area (Å²) in [5, 5.41) is 0. The number of hydrogen-bond acceptors (Lipinski definition) is 3. The molecule has 0 saturated heterocycles. The minimum absolute atomic E-state index is 0.613. The summed E-state index contributed by atoms with van der Waals surface area (Å²) in [4.78, 5) is 7.72. The van der Waals surface area contributed by atoms with Crippen LogP contribution in [0.1, 0.15) is 0 Å². The molecule has 0 aliphatic heterocycles. The Morgan fingerprint density at radius 3 is 2.78 bits per heavy atom. The number of aromatic nitrogens is 2. The van der Waals surface area contributed by atoms with Gasteiger partial charge in [-0.1, -0.05) is 0 Å². The third-order valence-electron chi connectivity index (χ3n) is 0.988. The summed E-state index contributed by atoms with van der Waals surface area (Å²) in [7, 11) is 3.48. The van der Waals surface area contributed by atoms with E-state index < -0.39 is 0 Å². The van der Waals surface area contributed by atoms with Gasteiger partial charge >= 0.3 is 0 Å². The second-order valence-electron chi connectivity index (χ2n) is 1.70. The maximum atomic E-state index is 4.84. The summed E-state index contributed by atoms with van der Waals surface area (Å²) in [6.45, 7) is 0. The van der Waals surface area contributed by atoms with Crippen molar-refractivity contribution in [2.75, 3.05) is 7.11 Å². The predicted octanol–water partition coefficient (Wildman–Crippen LogP) is -1.26. The fraction of sp³-hybridized carbons (Fsp3) is 0.200. The Bertz CT molecular complexity index is 204. The molecule has 0 aliphatic rings. The molecule has 0 amide bonds. The van der Waals surface area contributed by atoms with Crippen LogP contribution >= 0.6 is 0 Å². The quantitative estimate of drug-likeness (QED) is 0.436. The highest BCUT2D eigenvalue weighted by molar-refractivity contribution is 6.30. The van der Waals surface area contributed by atoms with Crippen LogP contribution in [-0.4, -0.2) is 24.9 Å². The van der Waals surface area contributed by atoms with Crippen molar-refractivity contribution in [3.8, 4) is 5.88 Å². The molecule has 0 atom stereocenters. The molecule has 0 fully saturated rings. The van der Waals surface area contributed by atoms with Crippen LogP contribution in [0.15, 0.2) is 12.4 Å². The maximum Gasteiger partial charge on any atom is 0.215 e. The van der Waals surface area contributed by atoms with Gasteiger partial charge in [0.05, 0.1) is 7.11 Å². The van der Waals surface area contributed by atoms with E-state index >= 15 is 0 Å². The van der Waals surface area contributed by atoms with Crippen LogP contribution in [0.3, 0.4) is 0 Å². The Balaban J connectivity index is 2.94. The molecule has 46 valence electrons. The van der Waals surface area contributed by atoms with Crippen molar-refractivity contribution in [2.24, 2.45) is 0 Å². The van der Waals surface area contributed by atoms with E-state index in [1.807, 2.05) is 7.85 Å². The minimum atomic E-state index is 0.613. The van der Waals surface area contributed by atoms with Gasteiger partial charge in [-0.05, 0) is 0 Å². The van der Waals surface area contributed by atoms with E-state index in [1.165, 1.54) is 6.33 Å². The number of rotatable bonds is 1. The standard InChI is InChI=1S/C5H7BN2O/c1-9-5-2-4(6)7-3-8-5/h2-3H,6H2,1H3. The molecule has 0 aromatic carbocycles. The van der Waals surface area contributed by atoms with Crippen molar-refractivity contribution in [2.45, 2.75) is 0 Å². The molecule has 1 heterocycles. The lowest BCUT2D eigenvalue weighted by Gasteiger charge is -1.95. The van der Waals surface area contributed by atoms with Crippen LogP contribution in [0.4, 0.5) is 0 Å². The highest BCUT2D eigenvalue weighted by Gasteiger charge is 1.89. The van der Waals surface area contributed by atoms with Crippen molar-refractivity contribution >= 4 is 13.4 Å². The molecule has 0 unspecified atom stereocenters. The number of hydrogen-bond donors (Lipinski definition) is 0. The van der Waals surface area contributed by atoms with Crippen molar-refractivity contribution < 1.29 is 4.74 Å². The molecule has 0 N–H and O–H groups in total. The third kappa shape index (κ3) is 1.42. The summed E-state index contributed by atoms with van der Waals surface area (Å²) in [5.41, 5.74) is 0.918. The first-order valence-corrected chi connectivity index (χ1v) is 2.65. The van der Waals surface area contributed by atoms with E-state index in [-0.39, 0.29) is 0 Å². The minimum Gasteiger partial charge on any atom is -0.481 e. The van der Waals surface area contributed by atoms with Crippen LogP contribution in [0.5, 0.6) is 5.88 Å². The lowest BCUT2D eigenvalue weighted by atomic mass is 10.1. The summed E-state index contributed by atoms with van der Waals surface area (Å²) >= 11 is 0. The SMILES string of the molecule is Bc1cc(OC)ncn1. The lowest BCUT2D eigenvalue weighted by molar-refractivity contribution is 0.397. The molecule has 1 rings (SSSR count). The summed E-state index contributed by atoms with van der Waals surface area (Å²) in [6, 6.07) is 1.78. The number of nitrogens with zero attached hydrogens (tertiary/aromatic N) is 2. The van der Waals surface area contributed by atoms with Crippen LogP contribution in [0, 0.1) is 0 Å². The van der Waals surface area contributed by atoms with E-state index in [2.05, 4.69) is 9.97 Å². The largest absolute Gasteiger partial charge is 0.481 e. The van der Waals surface area contributed by atoms with Crippen LogP contribution < -0.4 is 10.3 Å². The van der Waals surface area contributed by atoms with Crippen molar-refractivity contribution in [3.63, 3.8) is 0 Å². The van der Waals surface area contributed by atoms with E-state index in [9.17, 15) is 0 Å². The van der Waals surface area contributed by atoms with Crippen LogP contribution in [0.2, 0.25) is 0 Å². The molecule has 3 nitrogen and oxygen atoms in total. The normalized spacial score (nSPS) is 9.00. The number of ether oxygens (including phenoxy) is 1. The van der Waals surface area contributed by atoms with Gasteiger partial charge < -0.3 is 4.74 Å². The first-order chi connectivity index (χ1) is 4.33. The second-order valence-corrected chi connectivity index (χ2v) is 1.70. The Labute approximate surface area is 54.5 Å². The van der Waals surface area contributed by atoms with Gasteiger partial charge in [0.1, 0.15) is 6.33 Å². The fourth-order valence-corrected chi connectivity index (χ4v) is 0.542. The topological polar surface area (TPSA) is 35.0 Å². The van der Waals surface area contributed by atoms with Crippen molar-refractivity contribution in [1.82, 2.24) is 9.97 Å². The highest BCUT2D eigenvalue weighted by Crippen LogP contribution is 1.96. The summed E-state index contributed by atoms with van der Waals surface area (Å²) in [6.07, 6.45) is 1.48. The van der Waals surface area contributed by atoms with E-state index in [0.717, 1.165) is 5.59 Å². The van der Waals surface area contributed by atoms with Crippen LogP contribution in [0.25, 0.3) is 0 Å². The van der Waals surface area contributed by atoms with Gasteiger partial charge in [-0.25, -0.2) is 4.98 Å². The van der Waals surface area contributed by atoms with Gasteiger partial charge in [-0.2, -0.15) is 0 Å². The maximum absolute atomic E-state index is 4.84. The molecule has 0 radical (unpaired) electrons. The molecular weight excluding hydrogens is 115 g/mol. The molecule has 1 aromatic rings. The lowest BCUT2D eigenvalue weighted by Crippen LogP contribution is -2.08. The third-order valence-corrected chi connectivity index (χ3v) is 0.988. The van der Waals surface area contributed by atoms with Gasteiger partial charge in [-0.15, -0.1) is 0 Å². The van der Waals surface area contributed by atoms with Crippen molar-refractivity contribution in [1.29, 1.82) is 0 Å². The smallest absolute Gasteiger partial charge is 0.215 e. The molecule has 9 heavy (non-hydrogen) atoms. The summed E-state index contributed by atoms with van der Waals surface area (Å²) in [5.74, 6) is 0.613. The van der Waals surface area contributed by atoms with Crippen LogP contribution in [-0.2, 0) is 0 Å². The molecule has 0 spiro atoms. The van der Waals surface area contributed by atoms with Gasteiger partial charge in [-0.3, -0.25) is 4.98 Å². The average molecular weight is 122 g/mol. The monoisotopic (exact) mass is 122 g/mol. The first kappa shape index (κ1) is 6.07. The Morgan fingerprint density at radius 2 is 2.33 bits per heavy atom. The highest BCUT2D eigenvalue weighted by atomic mass is 16.5. The zero-order valence-corrected chi connectivity index (χ0v) is 5.46. The van der Waals surface area contributed by atoms with Crippen molar-refractivity contribution in [3.05, 3.63) is 12.4 Å². The van der Waals surface area contributed by atoms with E-state index in [0.29, 0.717) is 5.88 Å². The zero-order valence-electron chi connectivity index (χ0n) is 5.46. The molecular formula is C5H7BN2O. The van der Waals surface area contributed by atoms with E-state index in [4.69, 9.17) is 4.74 Å². The predicted molar refractivity (Wildman–Crippen MR) is 36.8 cm³/mol. The van der Waals surface area contributed by atoms with Gasteiger partial charge in [0.25, 0.3) is 0 Å². The zero-order chi connectivity index (χ0) is 6.69. The Kier molecular flexibility index (Phi) is 1.67. The Hall–Kier alpha value is -1.06. The van der Waals surface area contributed by atoms with E-state index in [1.54, 1.807) is 13.2 Å². The molecule has 1 aromatic heterocycles. The van der Waals surface area contributed by atoms with Gasteiger partial charge in [0.15, 0.2) is 7.85 Å². The van der Waals surface area contributed by atoms with Gasteiger partial charge in [0.2, 0.25) is 5.88 Å². The molecule has 0 bridgehead atoms. The second kappa shape index (κ2) is 2.48.